The Morgan fingerprint density at radius 1 is 1.27 bits per heavy atom. The molecule has 0 saturated heterocycles. The molecule has 0 radical (unpaired) electrons. The predicted octanol–water partition coefficient (Wildman–Crippen LogP) is 2.58. The summed E-state index contributed by atoms with van der Waals surface area (Å²) in [5, 5.41) is 9.50. The summed E-state index contributed by atoms with van der Waals surface area (Å²) in [6.07, 6.45) is 6.06. The highest BCUT2D eigenvalue weighted by molar-refractivity contribution is 4.80. The number of hydrogen-bond acceptors (Lipinski definition) is 1. The van der Waals surface area contributed by atoms with Crippen molar-refractivity contribution in [2.75, 3.05) is 0 Å². The molecule has 0 aromatic heterocycles. The van der Waals surface area contributed by atoms with Crippen LogP contribution in [-0.4, -0.2) is 11.2 Å². The SMILES string of the molecule is CC(C)CCCC(O)C1CC1. The molecule has 1 fully saturated rings. The first kappa shape index (κ1) is 9.05. The summed E-state index contributed by atoms with van der Waals surface area (Å²) < 4.78 is 0. The lowest BCUT2D eigenvalue weighted by molar-refractivity contribution is 0.137. The first-order valence-corrected chi connectivity index (χ1v) is 4.88. The van der Waals surface area contributed by atoms with Gasteiger partial charge in [0.25, 0.3) is 0 Å². The number of aliphatic hydroxyl groups excluding tert-OH is 1. The second kappa shape index (κ2) is 4.10. The van der Waals surface area contributed by atoms with Crippen LogP contribution in [0, 0.1) is 11.8 Å². The van der Waals surface area contributed by atoms with Crippen molar-refractivity contribution in [1.82, 2.24) is 0 Å². The Labute approximate surface area is 69.8 Å². The van der Waals surface area contributed by atoms with Crippen LogP contribution in [0.25, 0.3) is 0 Å². The molecule has 0 aromatic carbocycles. The van der Waals surface area contributed by atoms with Gasteiger partial charge in [-0.1, -0.05) is 26.7 Å². The topological polar surface area (TPSA) is 20.2 Å². The monoisotopic (exact) mass is 156 g/mol. The molecule has 0 aromatic rings. The number of hydrogen-bond donors (Lipinski definition) is 1. The van der Waals surface area contributed by atoms with Gasteiger partial charge in [-0.05, 0) is 31.1 Å². The fraction of sp³-hybridized carbons (Fsp3) is 1.00. The standard InChI is InChI=1S/C10H20O/c1-8(2)4-3-5-10(11)9-6-7-9/h8-11H,3-7H2,1-2H3. The number of rotatable bonds is 5. The molecule has 0 amide bonds. The minimum absolute atomic E-state index is 0.0220. The quantitative estimate of drug-likeness (QED) is 0.648. The molecule has 1 N–H and O–H groups in total. The lowest BCUT2D eigenvalue weighted by atomic mass is 10.0. The fourth-order valence-corrected chi connectivity index (χ4v) is 1.45. The lowest BCUT2D eigenvalue weighted by Crippen LogP contribution is -2.08. The molecule has 0 spiro atoms. The van der Waals surface area contributed by atoms with Gasteiger partial charge in [-0.25, -0.2) is 0 Å². The molecule has 1 aliphatic rings. The van der Waals surface area contributed by atoms with Gasteiger partial charge in [-0.15, -0.1) is 0 Å². The normalized spacial score (nSPS) is 20.7. The van der Waals surface area contributed by atoms with Crippen molar-refractivity contribution >= 4 is 0 Å². The molecular weight excluding hydrogens is 136 g/mol. The van der Waals surface area contributed by atoms with Crippen molar-refractivity contribution in [2.24, 2.45) is 11.8 Å². The van der Waals surface area contributed by atoms with Crippen LogP contribution >= 0.6 is 0 Å². The van der Waals surface area contributed by atoms with Gasteiger partial charge in [0.05, 0.1) is 6.10 Å². The van der Waals surface area contributed by atoms with Crippen molar-refractivity contribution < 1.29 is 5.11 Å². The van der Waals surface area contributed by atoms with Crippen LogP contribution in [0.1, 0.15) is 46.0 Å². The lowest BCUT2D eigenvalue weighted by Gasteiger charge is -2.09. The average molecular weight is 156 g/mol. The molecule has 1 heteroatoms. The zero-order valence-electron chi connectivity index (χ0n) is 7.71. The van der Waals surface area contributed by atoms with Gasteiger partial charge < -0.3 is 5.11 Å². The zero-order valence-corrected chi connectivity index (χ0v) is 7.71. The van der Waals surface area contributed by atoms with Crippen LogP contribution in [-0.2, 0) is 0 Å². The van der Waals surface area contributed by atoms with E-state index in [2.05, 4.69) is 13.8 Å². The summed E-state index contributed by atoms with van der Waals surface area (Å²) in [5.74, 6) is 1.46. The van der Waals surface area contributed by atoms with E-state index in [1.54, 1.807) is 0 Å². The van der Waals surface area contributed by atoms with E-state index in [4.69, 9.17) is 0 Å². The van der Waals surface area contributed by atoms with E-state index in [1.807, 2.05) is 0 Å². The molecule has 0 aliphatic heterocycles. The third-order valence-corrected chi connectivity index (χ3v) is 2.45. The molecule has 0 bridgehead atoms. The highest BCUT2D eigenvalue weighted by atomic mass is 16.3. The minimum atomic E-state index is 0.0220. The van der Waals surface area contributed by atoms with Crippen LogP contribution in [0.3, 0.4) is 0 Å². The van der Waals surface area contributed by atoms with E-state index in [0.717, 1.165) is 12.3 Å². The van der Waals surface area contributed by atoms with Crippen molar-refractivity contribution in [3.63, 3.8) is 0 Å². The maximum Gasteiger partial charge on any atom is 0.0568 e. The van der Waals surface area contributed by atoms with Crippen LogP contribution < -0.4 is 0 Å². The number of aliphatic hydroxyl groups is 1. The first-order valence-electron chi connectivity index (χ1n) is 4.88. The molecule has 1 unspecified atom stereocenters. The Bertz CT molecular complexity index is 105. The van der Waals surface area contributed by atoms with Crippen LogP contribution in [0.2, 0.25) is 0 Å². The van der Waals surface area contributed by atoms with E-state index >= 15 is 0 Å². The molecular formula is C10H20O. The molecule has 1 nitrogen and oxygen atoms in total. The van der Waals surface area contributed by atoms with Crippen molar-refractivity contribution in [2.45, 2.75) is 52.1 Å². The van der Waals surface area contributed by atoms with Crippen LogP contribution in [0.4, 0.5) is 0 Å². The Morgan fingerprint density at radius 2 is 1.91 bits per heavy atom. The molecule has 1 atom stereocenters. The van der Waals surface area contributed by atoms with E-state index in [-0.39, 0.29) is 6.10 Å². The van der Waals surface area contributed by atoms with Gasteiger partial charge in [0, 0.05) is 0 Å². The Morgan fingerprint density at radius 3 is 2.36 bits per heavy atom. The van der Waals surface area contributed by atoms with E-state index in [0.29, 0.717) is 5.92 Å². The van der Waals surface area contributed by atoms with Gasteiger partial charge in [-0.3, -0.25) is 0 Å². The van der Waals surface area contributed by atoms with Crippen LogP contribution in [0.15, 0.2) is 0 Å². The molecule has 1 saturated carbocycles. The largest absolute Gasteiger partial charge is 0.393 e. The van der Waals surface area contributed by atoms with E-state index in [1.165, 1.54) is 25.7 Å². The van der Waals surface area contributed by atoms with Gasteiger partial charge in [0.1, 0.15) is 0 Å². The van der Waals surface area contributed by atoms with Gasteiger partial charge >= 0.3 is 0 Å². The van der Waals surface area contributed by atoms with Crippen molar-refractivity contribution in [3.05, 3.63) is 0 Å². The highest BCUT2D eigenvalue weighted by Gasteiger charge is 2.28. The third-order valence-electron chi connectivity index (χ3n) is 2.45. The average Bonchev–Trinajstić information content (AvgIpc) is 2.66. The third kappa shape index (κ3) is 3.76. The Kier molecular flexibility index (Phi) is 3.38. The summed E-state index contributed by atoms with van der Waals surface area (Å²) in [6, 6.07) is 0. The summed E-state index contributed by atoms with van der Waals surface area (Å²) >= 11 is 0. The molecule has 0 heterocycles. The Hall–Kier alpha value is -0.0400. The van der Waals surface area contributed by atoms with Crippen molar-refractivity contribution in [1.29, 1.82) is 0 Å². The molecule has 1 aliphatic carbocycles. The molecule has 1 rings (SSSR count). The summed E-state index contributed by atoms with van der Waals surface area (Å²) in [7, 11) is 0. The summed E-state index contributed by atoms with van der Waals surface area (Å²) in [4.78, 5) is 0. The molecule has 66 valence electrons. The first-order chi connectivity index (χ1) is 5.20. The minimum Gasteiger partial charge on any atom is -0.393 e. The molecule has 11 heavy (non-hydrogen) atoms. The van der Waals surface area contributed by atoms with Gasteiger partial charge in [0.2, 0.25) is 0 Å². The summed E-state index contributed by atoms with van der Waals surface area (Å²) in [5.41, 5.74) is 0. The zero-order chi connectivity index (χ0) is 8.27. The van der Waals surface area contributed by atoms with Gasteiger partial charge in [-0.2, -0.15) is 0 Å². The predicted molar refractivity (Wildman–Crippen MR) is 47.4 cm³/mol. The van der Waals surface area contributed by atoms with E-state index in [9.17, 15) is 5.11 Å². The maximum absolute atomic E-state index is 9.50. The Balaban J connectivity index is 1.93. The smallest absolute Gasteiger partial charge is 0.0568 e. The second-order valence-electron chi connectivity index (χ2n) is 4.23. The van der Waals surface area contributed by atoms with Crippen LogP contribution in [0.5, 0.6) is 0 Å². The fourth-order valence-electron chi connectivity index (χ4n) is 1.45. The van der Waals surface area contributed by atoms with Gasteiger partial charge in [0.15, 0.2) is 0 Å². The maximum atomic E-state index is 9.50. The van der Waals surface area contributed by atoms with E-state index < -0.39 is 0 Å². The van der Waals surface area contributed by atoms with Crippen molar-refractivity contribution in [3.8, 4) is 0 Å². The highest BCUT2D eigenvalue weighted by Crippen LogP contribution is 2.34. The second-order valence-corrected chi connectivity index (χ2v) is 4.23. The summed E-state index contributed by atoms with van der Waals surface area (Å²) in [6.45, 7) is 4.48.